The van der Waals surface area contributed by atoms with Gasteiger partial charge in [-0.2, -0.15) is 0 Å². The fourth-order valence-electron chi connectivity index (χ4n) is 4.39. The molecule has 0 atom stereocenters. The molecular formula is C23H30Cl2N2O. The highest BCUT2D eigenvalue weighted by molar-refractivity contribution is 6.30. The second-order valence-electron chi connectivity index (χ2n) is 7.67. The van der Waals surface area contributed by atoms with Crippen LogP contribution in [0, 0.1) is 0 Å². The highest BCUT2D eigenvalue weighted by Crippen LogP contribution is 2.40. The van der Waals surface area contributed by atoms with Crippen LogP contribution in [0.3, 0.4) is 0 Å². The average molecular weight is 421 g/mol. The number of halogens is 2. The van der Waals surface area contributed by atoms with Crippen LogP contribution in [-0.2, 0) is 16.6 Å². The summed E-state index contributed by atoms with van der Waals surface area (Å²) in [5.41, 5.74) is 8.69. The van der Waals surface area contributed by atoms with E-state index in [1.807, 2.05) is 24.3 Å². The maximum Gasteiger partial charge on any atom is 0.219 e. The Hall–Kier alpha value is -1.55. The minimum atomic E-state index is -0.0245. The summed E-state index contributed by atoms with van der Waals surface area (Å²) in [5, 5.41) is 0.760. The number of nitrogens with two attached hydrogens (primary N) is 1. The van der Waals surface area contributed by atoms with Crippen molar-refractivity contribution >= 4 is 29.9 Å². The number of carbonyl (C=O) groups excluding carboxylic acids is 1. The molecule has 0 heterocycles. The van der Waals surface area contributed by atoms with Crippen LogP contribution < -0.4 is 5.73 Å². The SMILES string of the molecule is CC(=O)N(CCc1ccccc1)[C@H]1CC[C@@](CN)(c2cccc(Cl)c2)CC1.Cl. The first-order valence-corrected chi connectivity index (χ1v) is 10.2. The molecule has 1 fully saturated rings. The van der Waals surface area contributed by atoms with Crippen molar-refractivity contribution in [3.05, 3.63) is 70.7 Å². The predicted octanol–water partition coefficient (Wildman–Crippen LogP) is 4.99. The number of hydrogen-bond donors (Lipinski definition) is 1. The van der Waals surface area contributed by atoms with Gasteiger partial charge >= 0.3 is 0 Å². The molecule has 0 spiro atoms. The van der Waals surface area contributed by atoms with Crippen molar-refractivity contribution in [2.45, 2.75) is 50.5 Å². The van der Waals surface area contributed by atoms with Gasteiger partial charge in [-0.15, -0.1) is 12.4 Å². The fourth-order valence-corrected chi connectivity index (χ4v) is 4.58. The smallest absolute Gasteiger partial charge is 0.219 e. The second kappa shape index (κ2) is 10.3. The van der Waals surface area contributed by atoms with Crippen molar-refractivity contribution < 1.29 is 4.79 Å². The van der Waals surface area contributed by atoms with E-state index in [9.17, 15) is 4.79 Å². The van der Waals surface area contributed by atoms with E-state index in [-0.39, 0.29) is 23.7 Å². The van der Waals surface area contributed by atoms with E-state index in [0.29, 0.717) is 12.6 Å². The van der Waals surface area contributed by atoms with Crippen molar-refractivity contribution in [2.24, 2.45) is 5.73 Å². The normalized spacial score (nSPS) is 21.6. The topological polar surface area (TPSA) is 46.3 Å². The molecule has 0 aromatic heterocycles. The molecule has 3 nitrogen and oxygen atoms in total. The molecule has 0 aliphatic heterocycles. The largest absolute Gasteiger partial charge is 0.340 e. The molecule has 0 unspecified atom stereocenters. The summed E-state index contributed by atoms with van der Waals surface area (Å²) >= 11 is 6.21. The number of nitrogens with zero attached hydrogens (tertiary/aromatic N) is 1. The van der Waals surface area contributed by atoms with Crippen molar-refractivity contribution in [2.75, 3.05) is 13.1 Å². The van der Waals surface area contributed by atoms with Crippen LogP contribution in [0.2, 0.25) is 5.02 Å². The van der Waals surface area contributed by atoms with Crippen molar-refractivity contribution in [3.63, 3.8) is 0 Å². The summed E-state index contributed by atoms with van der Waals surface area (Å²) in [4.78, 5) is 14.4. The number of benzene rings is 2. The molecule has 1 aliphatic carbocycles. The Morgan fingerprint density at radius 1 is 1.14 bits per heavy atom. The number of carbonyl (C=O) groups is 1. The zero-order valence-corrected chi connectivity index (χ0v) is 18.0. The van der Waals surface area contributed by atoms with Crippen LogP contribution in [-0.4, -0.2) is 29.9 Å². The molecule has 5 heteroatoms. The zero-order valence-electron chi connectivity index (χ0n) is 16.4. The van der Waals surface area contributed by atoms with Gasteiger partial charge in [-0.3, -0.25) is 4.79 Å². The Bertz CT molecular complexity index is 758. The molecule has 1 saturated carbocycles. The van der Waals surface area contributed by atoms with Gasteiger partial charge < -0.3 is 10.6 Å². The van der Waals surface area contributed by atoms with Crippen LogP contribution in [0.15, 0.2) is 54.6 Å². The third-order valence-electron chi connectivity index (χ3n) is 6.07. The minimum Gasteiger partial charge on any atom is -0.340 e. The van der Waals surface area contributed by atoms with Crippen LogP contribution in [0.5, 0.6) is 0 Å². The van der Waals surface area contributed by atoms with Crippen LogP contribution in [0.1, 0.15) is 43.7 Å². The molecule has 1 amide bonds. The minimum absolute atomic E-state index is 0. The van der Waals surface area contributed by atoms with E-state index < -0.39 is 0 Å². The van der Waals surface area contributed by atoms with Gasteiger partial charge in [-0.1, -0.05) is 54.1 Å². The molecular weight excluding hydrogens is 391 g/mol. The van der Waals surface area contributed by atoms with E-state index in [0.717, 1.165) is 43.7 Å². The van der Waals surface area contributed by atoms with E-state index in [2.05, 4.69) is 35.2 Å². The van der Waals surface area contributed by atoms with Gasteiger partial charge in [0.2, 0.25) is 5.91 Å². The van der Waals surface area contributed by atoms with Gasteiger partial charge in [0, 0.05) is 36.5 Å². The van der Waals surface area contributed by atoms with E-state index >= 15 is 0 Å². The van der Waals surface area contributed by atoms with E-state index in [1.54, 1.807) is 6.92 Å². The summed E-state index contributed by atoms with van der Waals surface area (Å²) < 4.78 is 0. The standard InChI is InChI=1S/C23H29ClN2O.ClH/c1-18(27)26(15-12-19-6-3-2-4-7-19)22-10-13-23(17-25,14-11-22)20-8-5-9-21(24)16-20;/h2-9,16,22H,10-15,17,25H2,1H3;1H/t22-,23+;. The molecule has 0 radical (unpaired) electrons. The molecule has 0 bridgehead atoms. The molecule has 28 heavy (non-hydrogen) atoms. The highest BCUT2D eigenvalue weighted by Gasteiger charge is 2.38. The maximum atomic E-state index is 12.3. The Balaban J connectivity index is 0.00000280. The summed E-state index contributed by atoms with van der Waals surface area (Å²) in [6.07, 6.45) is 4.84. The van der Waals surface area contributed by atoms with Gasteiger partial charge in [0.05, 0.1) is 0 Å². The van der Waals surface area contributed by atoms with Crippen LogP contribution in [0.4, 0.5) is 0 Å². The maximum absolute atomic E-state index is 12.3. The van der Waals surface area contributed by atoms with Gasteiger partial charge in [0.15, 0.2) is 0 Å². The predicted molar refractivity (Wildman–Crippen MR) is 119 cm³/mol. The van der Waals surface area contributed by atoms with Crippen molar-refractivity contribution in [1.29, 1.82) is 0 Å². The summed E-state index contributed by atoms with van der Waals surface area (Å²) in [7, 11) is 0. The molecule has 0 saturated heterocycles. The lowest BCUT2D eigenvalue weighted by atomic mass is 9.68. The number of rotatable bonds is 6. The van der Waals surface area contributed by atoms with E-state index in [4.69, 9.17) is 17.3 Å². The summed E-state index contributed by atoms with van der Waals surface area (Å²) in [6, 6.07) is 18.8. The average Bonchev–Trinajstić information content (AvgIpc) is 2.69. The summed E-state index contributed by atoms with van der Waals surface area (Å²) in [6.45, 7) is 3.08. The van der Waals surface area contributed by atoms with Gasteiger partial charge in [-0.25, -0.2) is 0 Å². The third-order valence-corrected chi connectivity index (χ3v) is 6.30. The van der Waals surface area contributed by atoms with Crippen molar-refractivity contribution in [3.8, 4) is 0 Å². The Morgan fingerprint density at radius 3 is 2.39 bits per heavy atom. The molecule has 3 rings (SSSR count). The van der Waals surface area contributed by atoms with Crippen LogP contribution >= 0.6 is 24.0 Å². The fraction of sp³-hybridized carbons (Fsp3) is 0.435. The zero-order chi connectivity index (χ0) is 19.3. The molecule has 2 N–H and O–H groups in total. The number of amides is 1. The second-order valence-corrected chi connectivity index (χ2v) is 8.11. The lowest BCUT2D eigenvalue weighted by molar-refractivity contribution is -0.132. The van der Waals surface area contributed by atoms with E-state index in [1.165, 1.54) is 11.1 Å². The molecule has 2 aromatic rings. The molecule has 152 valence electrons. The lowest BCUT2D eigenvalue weighted by Crippen LogP contribution is -2.47. The summed E-state index contributed by atoms with van der Waals surface area (Å²) in [5.74, 6) is 0.166. The van der Waals surface area contributed by atoms with Gasteiger partial charge in [-0.05, 0) is 55.4 Å². The molecule has 2 aromatic carbocycles. The lowest BCUT2D eigenvalue weighted by Gasteiger charge is -2.43. The highest BCUT2D eigenvalue weighted by atomic mass is 35.5. The quantitative estimate of drug-likeness (QED) is 0.714. The van der Waals surface area contributed by atoms with Gasteiger partial charge in [0.1, 0.15) is 0 Å². The first-order valence-electron chi connectivity index (χ1n) is 9.81. The Kier molecular flexibility index (Phi) is 8.36. The van der Waals surface area contributed by atoms with Gasteiger partial charge in [0.25, 0.3) is 0 Å². The third kappa shape index (κ3) is 5.28. The Morgan fingerprint density at radius 2 is 1.82 bits per heavy atom. The van der Waals surface area contributed by atoms with Crippen LogP contribution in [0.25, 0.3) is 0 Å². The monoisotopic (exact) mass is 420 g/mol. The van der Waals surface area contributed by atoms with Crippen molar-refractivity contribution in [1.82, 2.24) is 4.90 Å². The number of hydrogen-bond acceptors (Lipinski definition) is 2. The Labute approximate surface area is 179 Å². The first-order chi connectivity index (χ1) is 13.0. The molecule has 1 aliphatic rings. The first kappa shape index (κ1) is 22.7.